The van der Waals surface area contributed by atoms with E-state index < -0.39 is 0 Å². The van der Waals surface area contributed by atoms with Crippen LogP contribution in [0.25, 0.3) is 0 Å². The zero-order valence-corrected chi connectivity index (χ0v) is 10.1. The van der Waals surface area contributed by atoms with Gasteiger partial charge in [-0.3, -0.25) is 4.90 Å². The molecule has 2 rings (SSSR count). The molecular weight excluding hydrogens is 200 g/mol. The average Bonchev–Trinajstić information content (AvgIpc) is 2.27. The maximum Gasteiger partial charge on any atom is 0.0485 e. The van der Waals surface area contributed by atoms with Crippen molar-refractivity contribution < 1.29 is 5.21 Å². The van der Waals surface area contributed by atoms with E-state index in [4.69, 9.17) is 0 Å². The fourth-order valence-corrected chi connectivity index (χ4v) is 2.30. The molecule has 0 fully saturated rings. The number of rotatable bonds is 3. The van der Waals surface area contributed by atoms with Crippen LogP contribution in [-0.4, -0.2) is 35.3 Å². The normalized spacial score (nSPS) is 16.5. The summed E-state index contributed by atoms with van der Waals surface area (Å²) >= 11 is 0. The standard InChI is InChI=1S/C13H20N2O/c1-3-15-7-6-12-8-11(9-14(2)16)4-5-13(12)10-15/h4-5,8,16H,3,6-7,9-10H2,1-2H3. The van der Waals surface area contributed by atoms with Gasteiger partial charge >= 0.3 is 0 Å². The van der Waals surface area contributed by atoms with Crippen molar-refractivity contribution in [2.45, 2.75) is 26.4 Å². The Morgan fingerprint density at radius 3 is 2.88 bits per heavy atom. The molecule has 1 aromatic rings. The van der Waals surface area contributed by atoms with E-state index in [-0.39, 0.29) is 0 Å². The van der Waals surface area contributed by atoms with Gasteiger partial charge in [0.1, 0.15) is 0 Å². The summed E-state index contributed by atoms with van der Waals surface area (Å²) in [7, 11) is 1.68. The molecule has 3 heteroatoms. The zero-order chi connectivity index (χ0) is 11.5. The molecule has 0 amide bonds. The van der Waals surface area contributed by atoms with Crippen LogP contribution in [0.3, 0.4) is 0 Å². The zero-order valence-electron chi connectivity index (χ0n) is 10.1. The number of likely N-dealkylation sites (N-methyl/N-ethyl adjacent to an activating group) is 1. The van der Waals surface area contributed by atoms with Gasteiger partial charge in [-0.05, 0) is 29.7 Å². The number of nitrogens with zero attached hydrogens (tertiary/aromatic N) is 2. The Morgan fingerprint density at radius 1 is 1.38 bits per heavy atom. The number of fused-ring (bicyclic) bond motifs is 1. The van der Waals surface area contributed by atoms with E-state index in [1.807, 2.05) is 0 Å². The summed E-state index contributed by atoms with van der Waals surface area (Å²) in [5.41, 5.74) is 4.08. The maximum atomic E-state index is 9.22. The number of hydroxylamine groups is 2. The lowest BCUT2D eigenvalue weighted by Gasteiger charge is -2.28. The highest BCUT2D eigenvalue weighted by Gasteiger charge is 2.14. The van der Waals surface area contributed by atoms with Crippen LogP contribution < -0.4 is 0 Å². The lowest BCUT2D eigenvalue weighted by molar-refractivity contribution is -0.0731. The van der Waals surface area contributed by atoms with Gasteiger partial charge in [-0.25, -0.2) is 0 Å². The molecule has 1 N–H and O–H groups in total. The quantitative estimate of drug-likeness (QED) is 0.788. The molecule has 1 aromatic carbocycles. The Labute approximate surface area is 97.2 Å². The van der Waals surface area contributed by atoms with Gasteiger partial charge in [-0.15, -0.1) is 0 Å². The van der Waals surface area contributed by atoms with Crippen LogP contribution in [0.1, 0.15) is 23.6 Å². The van der Waals surface area contributed by atoms with Gasteiger partial charge in [0.25, 0.3) is 0 Å². The highest BCUT2D eigenvalue weighted by Crippen LogP contribution is 2.20. The second-order valence-corrected chi connectivity index (χ2v) is 4.54. The Morgan fingerprint density at radius 2 is 2.19 bits per heavy atom. The van der Waals surface area contributed by atoms with Crippen molar-refractivity contribution in [3.8, 4) is 0 Å². The maximum absolute atomic E-state index is 9.22. The van der Waals surface area contributed by atoms with Crippen molar-refractivity contribution in [2.75, 3.05) is 20.1 Å². The molecule has 0 bridgehead atoms. The van der Waals surface area contributed by atoms with Crippen molar-refractivity contribution >= 4 is 0 Å². The van der Waals surface area contributed by atoms with Gasteiger partial charge in [0.15, 0.2) is 0 Å². The van der Waals surface area contributed by atoms with Gasteiger partial charge < -0.3 is 5.21 Å². The molecule has 1 aliphatic rings. The summed E-state index contributed by atoms with van der Waals surface area (Å²) in [6.45, 7) is 6.16. The molecule has 0 spiro atoms. The molecule has 1 heterocycles. The van der Waals surface area contributed by atoms with E-state index in [0.29, 0.717) is 6.54 Å². The van der Waals surface area contributed by atoms with Crippen LogP contribution in [-0.2, 0) is 19.5 Å². The van der Waals surface area contributed by atoms with E-state index in [0.717, 1.165) is 26.1 Å². The first-order chi connectivity index (χ1) is 7.69. The van der Waals surface area contributed by atoms with Crippen LogP contribution in [0.4, 0.5) is 0 Å². The van der Waals surface area contributed by atoms with E-state index in [1.54, 1.807) is 7.05 Å². The van der Waals surface area contributed by atoms with Crippen molar-refractivity contribution in [3.05, 3.63) is 34.9 Å². The number of hydrogen-bond acceptors (Lipinski definition) is 3. The molecule has 1 aliphatic heterocycles. The second kappa shape index (κ2) is 4.95. The molecule has 0 aromatic heterocycles. The Kier molecular flexibility index (Phi) is 3.59. The molecule has 0 aliphatic carbocycles. The number of benzene rings is 1. The average molecular weight is 220 g/mol. The topological polar surface area (TPSA) is 26.7 Å². The van der Waals surface area contributed by atoms with E-state index >= 15 is 0 Å². The highest BCUT2D eigenvalue weighted by molar-refractivity contribution is 5.33. The lowest BCUT2D eigenvalue weighted by atomic mass is 9.97. The van der Waals surface area contributed by atoms with Crippen LogP contribution >= 0.6 is 0 Å². The minimum Gasteiger partial charge on any atom is -0.314 e. The predicted octanol–water partition coefficient (Wildman–Crippen LogP) is 1.89. The van der Waals surface area contributed by atoms with Crippen molar-refractivity contribution in [2.24, 2.45) is 0 Å². The molecule has 88 valence electrons. The van der Waals surface area contributed by atoms with Gasteiger partial charge in [-0.2, -0.15) is 5.06 Å². The SMILES string of the molecule is CCN1CCc2cc(CN(C)O)ccc2C1. The van der Waals surface area contributed by atoms with E-state index in [2.05, 4.69) is 30.0 Å². The second-order valence-electron chi connectivity index (χ2n) is 4.54. The first-order valence-corrected chi connectivity index (χ1v) is 5.92. The summed E-state index contributed by atoms with van der Waals surface area (Å²) in [6.07, 6.45) is 1.13. The molecular formula is C13H20N2O. The Balaban J connectivity index is 2.15. The van der Waals surface area contributed by atoms with Gasteiger partial charge in [0, 0.05) is 26.7 Å². The monoisotopic (exact) mass is 220 g/mol. The van der Waals surface area contributed by atoms with Crippen LogP contribution in [0.15, 0.2) is 18.2 Å². The lowest BCUT2D eigenvalue weighted by Crippen LogP contribution is -2.30. The van der Waals surface area contributed by atoms with Crippen LogP contribution in [0, 0.1) is 0 Å². The molecule has 0 radical (unpaired) electrons. The van der Waals surface area contributed by atoms with Gasteiger partial charge in [-0.1, -0.05) is 25.1 Å². The largest absolute Gasteiger partial charge is 0.314 e. The summed E-state index contributed by atoms with van der Waals surface area (Å²) in [5, 5.41) is 10.4. The van der Waals surface area contributed by atoms with Crippen LogP contribution in [0.2, 0.25) is 0 Å². The molecule has 0 unspecified atom stereocenters. The van der Waals surface area contributed by atoms with Crippen molar-refractivity contribution in [1.82, 2.24) is 9.96 Å². The Hall–Kier alpha value is -0.900. The third kappa shape index (κ3) is 2.61. The highest BCUT2D eigenvalue weighted by atomic mass is 16.5. The Bertz CT molecular complexity index is 363. The van der Waals surface area contributed by atoms with Crippen molar-refractivity contribution in [1.29, 1.82) is 0 Å². The van der Waals surface area contributed by atoms with Crippen LogP contribution in [0.5, 0.6) is 0 Å². The molecule has 0 saturated heterocycles. The fourth-order valence-electron chi connectivity index (χ4n) is 2.30. The van der Waals surface area contributed by atoms with E-state index in [1.165, 1.54) is 21.8 Å². The molecule has 0 atom stereocenters. The fraction of sp³-hybridized carbons (Fsp3) is 0.538. The first-order valence-electron chi connectivity index (χ1n) is 5.92. The van der Waals surface area contributed by atoms with Crippen molar-refractivity contribution in [3.63, 3.8) is 0 Å². The van der Waals surface area contributed by atoms with E-state index in [9.17, 15) is 5.21 Å². The van der Waals surface area contributed by atoms with Gasteiger partial charge in [0.05, 0.1) is 0 Å². The third-order valence-electron chi connectivity index (χ3n) is 3.22. The molecule has 0 saturated carbocycles. The minimum absolute atomic E-state index is 0.602. The molecule has 3 nitrogen and oxygen atoms in total. The summed E-state index contributed by atoms with van der Waals surface area (Å²) in [6, 6.07) is 6.55. The minimum atomic E-state index is 0.602. The summed E-state index contributed by atoms with van der Waals surface area (Å²) in [5.74, 6) is 0. The summed E-state index contributed by atoms with van der Waals surface area (Å²) in [4.78, 5) is 2.46. The molecule has 16 heavy (non-hydrogen) atoms. The smallest absolute Gasteiger partial charge is 0.0485 e. The first kappa shape index (κ1) is 11.6. The predicted molar refractivity (Wildman–Crippen MR) is 64.4 cm³/mol. The summed E-state index contributed by atoms with van der Waals surface area (Å²) < 4.78 is 0. The number of hydrogen-bond donors (Lipinski definition) is 1. The third-order valence-corrected chi connectivity index (χ3v) is 3.22. The van der Waals surface area contributed by atoms with Gasteiger partial charge in [0.2, 0.25) is 0 Å².